The summed E-state index contributed by atoms with van der Waals surface area (Å²) in [6.07, 6.45) is -0.294. The zero-order valence-corrected chi connectivity index (χ0v) is 14.1. The SMILES string of the molecule is C[C@@H](O)[C@H](NC(=O)[C@@H]1CCCN1C(=O)[C@H]1CCCN1C(=O)O)C(N)=O. The summed E-state index contributed by atoms with van der Waals surface area (Å²) in [6.45, 7) is 1.97. The lowest BCUT2D eigenvalue weighted by Crippen LogP contribution is -2.57. The van der Waals surface area contributed by atoms with Gasteiger partial charge < -0.3 is 26.2 Å². The molecule has 2 aliphatic rings. The number of aliphatic hydroxyl groups is 1. The van der Waals surface area contributed by atoms with E-state index >= 15 is 0 Å². The number of nitrogens with zero attached hydrogens (tertiary/aromatic N) is 2. The molecule has 10 nitrogen and oxygen atoms in total. The standard InChI is InChI=1S/C15H24N4O6/c1-8(20)11(12(16)21)17-13(22)9-4-2-6-18(9)14(23)10-5-3-7-19(10)15(24)25/h8-11,20H,2-7H2,1H3,(H2,16,21)(H,17,22)(H,24,25)/t8-,9+,10-,11+/m1/s1. The number of hydrogen-bond donors (Lipinski definition) is 4. The minimum absolute atomic E-state index is 0.294. The zero-order valence-electron chi connectivity index (χ0n) is 14.1. The molecule has 4 amide bonds. The lowest BCUT2D eigenvalue weighted by Gasteiger charge is -2.30. The normalized spacial score (nSPS) is 25.5. The van der Waals surface area contributed by atoms with E-state index in [2.05, 4.69) is 5.32 Å². The molecule has 2 saturated heterocycles. The third-order valence-electron chi connectivity index (χ3n) is 4.71. The van der Waals surface area contributed by atoms with Gasteiger partial charge in [0.2, 0.25) is 17.7 Å². The molecule has 0 aliphatic carbocycles. The van der Waals surface area contributed by atoms with Crippen molar-refractivity contribution in [2.75, 3.05) is 13.1 Å². The van der Waals surface area contributed by atoms with E-state index in [1.54, 1.807) is 0 Å². The van der Waals surface area contributed by atoms with Crippen molar-refractivity contribution in [2.24, 2.45) is 5.73 Å². The molecule has 0 aromatic carbocycles. The molecular weight excluding hydrogens is 332 g/mol. The van der Waals surface area contributed by atoms with Crippen LogP contribution in [-0.2, 0) is 14.4 Å². The van der Waals surface area contributed by atoms with Crippen molar-refractivity contribution in [3.63, 3.8) is 0 Å². The van der Waals surface area contributed by atoms with Crippen LogP contribution in [0.25, 0.3) is 0 Å². The molecule has 0 unspecified atom stereocenters. The largest absolute Gasteiger partial charge is 0.465 e. The summed E-state index contributed by atoms with van der Waals surface area (Å²) in [4.78, 5) is 50.2. The van der Waals surface area contributed by atoms with Gasteiger partial charge in [-0.25, -0.2) is 4.79 Å². The second-order valence-corrected chi connectivity index (χ2v) is 6.45. The maximum Gasteiger partial charge on any atom is 0.407 e. The Kier molecular flexibility index (Phi) is 5.83. The van der Waals surface area contributed by atoms with Crippen LogP contribution in [0.2, 0.25) is 0 Å². The van der Waals surface area contributed by atoms with Crippen molar-refractivity contribution < 1.29 is 29.4 Å². The summed E-state index contributed by atoms with van der Waals surface area (Å²) >= 11 is 0. The number of nitrogens with two attached hydrogens (primary N) is 1. The molecular formula is C15H24N4O6. The molecule has 5 N–H and O–H groups in total. The van der Waals surface area contributed by atoms with Gasteiger partial charge in [0.25, 0.3) is 0 Å². The molecule has 140 valence electrons. The molecule has 2 rings (SSSR count). The first-order valence-corrected chi connectivity index (χ1v) is 8.31. The number of aliphatic hydroxyl groups excluding tert-OH is 1. The molecule has 0 saturated carbocycles. The highest BCUT2D eigenvalue weighted by molar-refractivity contribution is 5.94. The predicted molar refractivity (Wildman–Crippen MR) is 85.3 cm³/mol. The van der Waals surface area contributed by atoms with Crippen LogP contribution in [0.4, 0.5) is 4.79 Å². The number of carbonyl (C=O) groups is 4. The Morgan fingerprint density at radius 3 is 2.16 bits per heavy atom. The number of nitrogens with one attached hydrogen (secondary N) is 1. The first kappa shape index (κ1) is 19.0. The van der Waals surface area contributed by atoms with Gasteiger partial charge in [-0.3, -0.25) is 19.3 Å². The van der Waals surface area contributed by atoms with Gasteiger partial charge in [-0.15, -0.1) is 0 Å². The summed E-state index contributed by atoms with van der Waals surface area (Å²) in [5.74, 6) is -1.84. The number of carboxylic acid groups (broad SMARTS) is 1. The molecule has 4 atom stereocenters. The molecule has 2 fully saturated rings. The van der Waals surface area contributed by atoms with Crippen LogP contribution in [0, 0.1) is 0 Å². The van der Waals surface area contributed by atoms with Crippen LogP contribution in [0.15, 0.2) is 0 Å². The summed E-state index contributed by atoms with van der Waals surface area (Å²) in [6, 6.07) is -2.83. The Labute approximate surface area is 144 Å². The molecule has 0 aromatic heterocycles. The Hall–Kier alpha value is -2.36. The van der Waals surface area contributed by atoms with E-state index < -0.39 is 48.0 Å². The lowest BCUT2D eigenvalue weighted by atomic mass is 10.1. The van der Waals surface area contributed by atoms with E-state index in [0.717, 1.165) is 4.90 Å². The topological polar surface area (TPSA) is 153 Å². The minimum Gasteiger partial charge on any atom is -0.465 e. The zero-order chi connectivity index (χ0) is 18.7. The highest BCUT2D eigenvalue weighted by Gasteiger charge is 2.42. The molecule has 25 heavy (non-hydrogen) atoms. The van der Waals surface area contributed by atoms with E-state index in [1.807, 2.05) is 0 Å². The fraction of sp³-hybridized carbons (Fsp3) is 0.733. The van der Waals surface area contributed by atoms with Crippen LogP contribution in [0.1, 0.15) is 32.6 Å². The molecule has 0 spiro atoms. The number of carbonyl (C=O) groups excluding carboxylic acids is 3. The minimum atomic E-state index is -1.24. The summed E-state index contributed by atoms with van der Waals surface area (Å²) in [5.41, 5.74) is 5.16. The van der Waals surface area contributed by atoms with Gasteiger partial charge in [-0.2, -0.15) is 0 Å². The van der Waals surface area contributed by atoms with Crippen LogP contribution >= 0.6 is 0 Å². The van der Waals surface area contributed by atoms with Gasteiger partial charge in [-0.05, 0) is 32.6 Å². The highest BCUT2D eigenvalue weighted by Crippen LogP contribution is 2.25. The number of likely N-dealkylation sites (tertiary alicyclic amines) is 2. The quantitative estimate of drug-likeness (QED) is 0.469. The van der Waals surface area contributed by atoms with Gasteiger partial charge in [0.15, 0.2) is 0 Å². The van der Waals surface area contributed by atoms with Gasteiger partial charge in [0, 0.05) is 13.1 Å². The average molecular weight is 356 g/mol. The van der Waals surface area contributed by atoms with Gasteiger partial charge >= 0.3 is 6.09 Å². The fourth-order valence-electron chi connectivity index (χ4n) is 3.43. The lowest BCUT2D eigenvalue weighted by molar-refractivity contribution is -0.142. The van der Waals surface area contributed by atoms with Crippen molar-refractivity contribution in [1.82, 2.24) is 15.1 Å². The van der Waals surface area contributed by atoms with E-state index in [-0.39, 0.29) is 0 Å². The summed E-state index contributed by atoms with van der Waals surface area (Å²) in [7, 11) is 0. The summed E-state index contributed by atoms with van der Waals surface area (Å²) in [5, 5.41) is 21.1. The predicted octanol–water partition coefficient (Wildman–Crippen LogP) is -1.53. The van der Waals surface area contributed by atoms with Gasteiger partial charge in [-0.1, -0.05) is 0 Å². The third-order valence-corrected chi connectivity index (χ3v) is 4.71. The van der Waals surface area contributed by atoms with Crippen LogP contribution in [0.5, 0.6) is 0 Å². The van der Waals surface area contributed by atoms with Gasteiger partial charge in [0.1, 0.15) is 18.1 Å². The maximum absolute atomic E-state index is 12.7. The van der Waals surface area contributed by atoms with Crippen molar-refractivity contribution in [3.8, 4) is 0 Å². The van der Waals surface area contributed by atoms with Crippen LogP contribution < -0.4 is 11.1 Å². The molecule has 0 aromatic rings. The second kappa shape index (κ2) is 7.68. The first-order valence-electron chi connectivity index (χ1n) is 8.31. The third kappa shape index (κ3) is 4.01. The van der Waals surface area contributed by atoms with E-state index in [1.165, 1.54) is 11.8 Å². The average Bonchev–Trinajstić information content (AvgIpc) is 3.19. The second-order valence-electron chi connectivity index (χ2n) is 6.45. The highest BCUT2D eigenvalue weighted by atomic mass is 16.4. The van der Waals surface area contributed by atoms with Crippen molar-refractivity contribution in [3.05, 3.63) is 0 Å². The van der Waals surface area contributed by atoms with Crippen molar-refractivity contribution in [2.45, 2.75) is 56.8 Å². The monoisotopic (exact) mass is 356 g/mol. The Morgan fingerprint density at radius 2 is 1.64 bits per heavy atom. The smallest absolute Gasteiger partial charge is 0.407 e. The Morgan fingerprint density at radius 1 is 1.08 bits per heavy atom. The van der Waals surface area contributed by atoms with E-state index in [9.17, 15) is 29.4 Å². The fourth-order valence-corrected chi connectivity index (χ4v) is 3.43. The van der Waals surface area contributed by atoms with Crippen molar-refractivity contribution >= 4 is 23.8 Å². The van der Waals surface area contributed by atoms with Gasteiger partial charge in [0.05, 0.1) is 6.10 Å². The van der Waals surface area contributed by atoms with Crippen LogP contribution in [-0.4, -0.2) is 81.1 Å². The molecule has 0 radical (unpaired) electrons. The number of rotatable bonds is 5. The van der Waals surface area contributed by atoms with Crippen molar-refractivity contribution in [1.29, 1.82) is 0 Å². The summed E-state index contributed by atoms with van der Waals surface area (Å²) < 4.78 is 0. The number of primary amides is 1. The van der Waals surface area contributed by atoms with E-state index in [4.69, 9.17) is 5.73 Å². The maximum atomic E-state index is 12.7. The Balaban J connectivity index is 2.08. The van der Waals surface area contributed by atoms with E-state index in [0.29, 0.717) is 38.8 Å². The molecule has 0 bridgehead atoms. The molecule has 2 heterocycles. The number of hydrogen-bond acceptors (Lipinski definition) is 5. The first-order chi connectivity index (χ1) is 11.7. The molecule has 10 heteroatoms. The Bertz CT molecular complexity index is 566. The number of amides is 4. The van der Waals surface area contributed by atoms with Crippen LogP contribution in [0.3, 0.4) is 0 Å². The molecule has 2 aliphatic heterocycles.